The predicted octanol–water partition coefficient (Wildman–Crippen LogP) is 33.3. The van der Waals surface area contributed by atoms with Gasteiger partial charge in [0.2, 0.25) is 0 Å². The van der Waals surface area contributed by atoms with Gasteiger partial charge in [-0.2, -0.15) is 0 Å². The van der Waals surface area contributed by atoms with Gasteiger partial charge in [-0.05, 0) is 157 Å². The third-order valence-corrected chi connectivity index (χ3v) is 28.0. The molecule has 0 aliphatic carbocycles. The Bertz CT molecular complexity index is 10100. The lowest BCUT2D eigenvalue weighted by Crippen LogP contribution is -2.00. The maximum atomic E-state index is 6.38. The number of hydrogen-bond acceptors (Lipinski definition) is 14. The lowest BCUT2D eigenvalue weighted by Gasteiger charge is -2.13. The highest BCUT2D eigenvalue weighted by molar-refractivity contribution is 7.26. The lowest BCUT2D eigenvalue weighted by molar-refractivity contribution is 0.669. The molecule has 9 aromatic heterocycles. The highest BCUT2D eigenvalue weighted by atomic mass is 32.1. The number of pyridine rings is 3. The van der Waals surface area contributed by atoms with E-state index in [2.05, 4.69) is 297 Å². The predicted molar refractivity (Wildman–Crippen MR) is 580 cm³/mol. The van der Waals surface area contributed by atoms with Crippen LogP contribution in [0.3, 0.4) is 0 Å². The average molecular weight is 1820 g/mol. The van der Waals surface area contributed by atoms with Crippen LogP contribution in [-0.4, -0.2) is 54.8 Å². The maximum absolute atomic E-state index is 6.38. The van der Waals surface area contributed by atoms with Crippen LogP contribution in [0.1, 0.15) is 0 Å². The Morgan fingerprint density at radius 3 is 1.01 bits per heavy atom. The Hall–Kier alpha value is -18.9. The topological polar surface area (TPSA) is 168 Å². The van der Waals surface area contributed by atoms with Crippen LogP contribution < -0.4 is 0 Å². The molecular formula is C127H75N11O2S. The molecule has 13 nitrogen and oxygen atoms in total. The van der Waals surface area contributed by atoms with Crippen LogP contribution in [0.5, 0.6) is 0 Å². The third kappa shape index (κ3) is 14.7. The van der Waals surface area contributed by atoms with E-state index in [0.29, 0.717) is 34.9 Å². The molecular weight excluding hydrogens is 1740 g/mol. The molecule has 0 N–H and O–H groups in total. The van der Waals surface area contributed by atoms with Crippen LogP contribution in [0.25, 0.3) is 286 Å². The molecule has 0 saturated heterocycles. The van der Waals surface area contributed by atoms with Crippen LogP contribution in [0.2, 0.25) is 0 Å². The number of para-hydroxylation sites is 6. The minimum atomic E-state index is 0.566. The van der Waals surface area contributed by atoms with Gasteiger partial charge in [-0.3, -0.25) is 0 Å². The number of thiophene rings is 1. The second-order valence-corrected chi connectivity index (χ2v) is 36.4. The number of rotatable bonds is 11. The summed E-state index contributed by atoms with van der Waals surface area (Å²) in [6.07, 6.45) is 0. The number of aromatic nitrogens is 11. The first kappa shape index (κ1) is 81.6. The first-order valence-corrected chi connectivity index (χ1v) is 47.8. The van der Waals surface area contributed by atoms with E-state index in [4.69, 9.17) is 63.7 Å². The Morgan fingerprint density at radius 2 is 0.511 bits per heavy atom. The van der Waals surface area contributed by atoms with Crippen molar-refractivity contribution >= 4 is 173 Å². The Kier molecular flexibility index (Phi) is 19.8. The minimum Gasteiger partial charge on any atom is -0.456 e. The Morgan fingerprint density at radius 1 is 0.170 bits per heavy atom. The molecule has 0 saturated carbocycles. The quantitative estimate of drug-likeness (QED) is 0.0887. The van der Waals surface area contributed by atoms with Crippen LogP contribution in [-0.2, 0) is 0 Å². The van der Waals surface area contributed by atoms with E-state index in [-0.39, 0.29) is 0 Å². The summed E-state index contributed by atoms with van der Waals surface area (Å²) in [4.78, 5) is 55.6. The van der Waals surface area contributed by atoms with Gasteiger partial charge in [0.05, 0.1) is 54.6 Å². The first-order valence-electron chi connectivity index (χ1n) is 47.0. The smallest absolute Gasteiger partial charge is 0.167 e. The van der Waals surface area contributed by atoms with Crippen molar-refractivity contribution in [2.45, 2.75) is 0 Å². The van der Waals surface area contributed by atoms with Crippen molar-refractivity contribution in [3.8, 4) is 124 Å². The third-order valence-electron chi connectivity index (χ3n) is 26.9. The number of benzene rings is 20. The van der Waals surface area contributed by atoms with Gasteiger partial charge in [0.1, 0.15) is 22.3 Å². The van der Waals surface area contributed by atoms with Crippen molar-refractivity contribution in [1.29, 1.82) is 0 Å². The van der Waals surface area contributed by atoms with Gasteiger partial charge >= 0.3 is 0 Å². The fourth-order valence-electron chi connectivity index (χ4n) is 20.1. The van der Waals surface area contributed by atoms with Crippen molar-refractivity contribution < 1.29 is 8.83 Å². The highest BCUT2D eigenvalue weighted by Crippen LogP contribution is 2.47. The van der Waals surface area contributed by atoms with Crippen molar-refractivity contribution in [1.82, 2.24) is 54.8 Å². The van der Waals surface area contributed by atoms with Crippen molar-refractivity contribution in [3.05, 3.63) is 455 Å². The fourth-order valence-corrected chi connectivity index (χ4v) is 21.2. The first-order chi connectivity index (χ1) is 69.8. The Labute approximate surface area is 810 Å². The summed E-state index contributed by atoms with van der Waals surface area (Å²) in [6, 6.07) is 157. The summed E-state index contributed by atoms with van der Waals surface area (Å²) in [7, 11) is 0. The molecule has 29 rings (SSSR count). The molecule has 0 fully saturated rings. The van der Waals surface area contributed by atoms with Crippen LogP contribution in [0, 0.1) is 0 Å². The van der Waals surface area contributed by atoms with Crippen LogP contribution in [0.4, 0.5) is 0 Å². The standard InChI is InChI=1S/2C44H26N4O.C39H23N3S/c1-2-11-28(12-3-1)42-46-43(48-44(47-42)35-18-10-17-34-33-16-7-9-20-40(33)49-41(34)35)29-23-21-27(22-24-29)36-26-39-37(32-15-6-5-14-31(32)36)25-30-13-4-8-19-38(30)45-39;1-2-11-28(12-3-1)42-46-43(48-44(47-42)34-17-10-20-40-41(34)33-16-7-9-19-39(33)49-40)29-23-21-27(22-24-29)35-26-38-36(32-15-6-5-14-31(32)35)25-30-13-4-8-18-37(30)45-38;1-2-11-24(12-3-1)39-41-36(38-37(42-39)30-18-7-9-20-35(30)43-38)27-15-10-14-25(21-27)31-23-34-32(29-17-6-5-16-28(29)31)22-26-13-4-8-19-33(26)40-34/h2*1-26H;1-23H. The van der Waals surface area contributed by atoms with Gasteiger partial charge in [0, 0.05) is 103 Å². The zero-order chi connectivity index (χ0) is 93.0. The second kappa shape index (κ2) is 34.2. The van der Waals surface area contributed by atoms with Crippen LogP contribution >= 0.6 is 11.3 Å². The van der Waals surface area contributed by atoms with Gasteiger partial charge < -0.3 is 8.83 Å². The van der Waals surface area contributed by atoms with E-state index in [0.717, 1.165) is 204 Å². The lowest BCUT2D eigenvalue weighted by atomic mass is 9.93. The summed E-state index contributed by atoms with van der Waals surface area (Å²) in [5, 5.41) is 19.4. The van der Waals surface area contributed by atoms with E-state index in [9.17, 15) is 0 Å². The molecule has 0 aliphatic rings. The van der Waals surface area contributed by atoms with Crippen molar-refractivity contribution in [2.75, 3.05) is 0 Å². The molecule has 9 heterocycles. The van der Waals surface area contributed by atoms with Gasteiger partial charge in [-0.1, -0.05) is 364 Å². The number of furan rings is 2. The van der Waals surface area contributed by atoms with E-state index in [1.165, 1.54) is 47.8 Å². The summed E-state index contributed by atoms with van der Waals surface area (Å²) < 4.78 is 14.9. The summed E-state index contributed by atoms with van der Waals surface area (Å²) >= 11 is 1.76. The zero-order valence-corrected chi connectivity index (χ0v) is 76.3. The number of hydrogen-bond donors (Lipinski definition) is 0. The average Bonchev–Trinajstić information content (AvgIpc) is 1.39. The molecule has 0 amide bonds. The summed E-state index contributed by atoms with van der Waals surface area (Å²) in [5.41, 5.74) is 25.4. The fraction of sp³-hybridized carbons (Fsp3) is 0. The minimum absolute atomic E-state index is 0.566. The van der Waals surface area contributed by atoms with E-state index < -0.39 is 0 Å². The molecule has 656 valence electrons. The monoisotopic (exact) mass is 1820 g/mol. The number of nitrogens with zero attached hydrogens (tertiary/aromatic N) is 11. The van der Waals surface area contributed by atoms with E-state index in [1.807, 2.05) is 158 Å². The molecule has 0 spiro atoms. The number of fused-ring (bicyclic) bond motifs is 21. The van der Waals surface area contributed by atoms with Crippen molar-refractivity contribution in [2.24, 2.45) is 0 Å². The van der Waals surface area contributed by atoms with Gasteiger partial charge in [-0.25, -0.2) is 54.8 Å². The Balaban J connectivity index is 0.000000106. The molecule has 141 heavy (non-hydrogen) atoms. The summed E-state index contributed by atoms with van der Waals surface area (Å²) in [5.74, 6) is 4.34. The molecule has 0 bridgehead atoms. The molecule has 0 unspecified atom stereocenters. The molecule has 14 heteroatoms. The summed E-state index contributed by atoms with van der Waals surface area (Å²) in [6.45, 7) is 0. The molecule has 29 aromatic rings. The van der Waals surface area contributed by atoms with E-state index >= 15 is 0 Å². The van der Waals surface area contributed by atoms with Crippen molar-refractivity contribution in [3.63, 3.8) is 0 Å². The molecule has 20 aromatic carbocycles. The SMILES string of the molecule is c1ccc(-c2nc(-c3ccc(-c4cc5nc6ccccc6cc5c5ccccc45)cc3)nc(-c3cccc4c3oc3ccccc34)n2)cc1.c1ccc(-c2nc(-c3ccc(-c4cc5nc6ccccc6cc5c5ccccc45)cc3)nc(-c3cccc4oc5ccccc5c34)n2)cc1.c1ccc(-c2nc(-c3cccc(-c4cc5nc6ccccc6cc5c5ccccc45)c3)c3sc4ccccc4c3n2)cc1. The van der Waals surface area contributed by atoms with Gasteiger partial charge in [-0.15, -0.1) is 11.3 Å². The molecule has 0 radical (unpaired) electrons. The normalized spacial score (nSPS) is 11.7. The van der Waals surface area contributed by atoms with Gasteiger partial charge in [0.15, 0.2) is 40.8 Å². The van der Waals surface area contributed by atoms with E-state index in [1.54, 1.807) is 11.3 Å². The molecule has 0 aliphatic heterocycles. The van der Waals surface area contributed by atoms with Crippen LogP contribution in [0.15, 0.2) is 464 Å². The molecule has 0 atom stereocenters. The highest BCUT2D eigenvalue weighted by Gasteiger charge is 2.25. The largest absolute Gasteiger partial charge is 0.456 e. The maximum Gasteiger partial charge on any atom is 0.167 e. The van der Waals surface area contributed by atoms with Gasteiger partial charge in [0.25, 0.3) is 0 Å². The second-order valence-electron chi connectivity index (χ2n) is 35.3. The zero-order valence-electron chi connectivity index (χ0n) is 75.4.